The molecule has 2 aromatic heterocycles. The zero-order valence-electron chi connectivity index (χ0n) is 10.9. The highest BCUT2D eigenvalue weighted by Gasteiger charge is 2.07. The first-order valence-corrected chi connectivity index (χ1v) is 6.13. The first-order valence-electron chi connectivity index (χ1n) is 6.13. The molecular weight excluding hydrogens is 212 g/mol. The summed E-state index contributed by atoms with van der Waals surface area (Å²) in [6.45, 7) is 9.36. The molecule has 0 bridgehead atoms. The molecule has 0 radical (unpaired) electrons. The van der Waals surface area contributed by atoms with Crippen LogP contribution in [0, 0.1) is 0 Å². The lowest BCUT2D eigenvalue weighted by Crippen LogP contribution is -2.21. The highest BCUT2D eigenvalue weighted by atomic mass is 15.3. The SMILES string of the molecule is CC(C)NCc1cnc2c(cnn2C(C)C)c1. The second kappa shape index (κ2) is 4.84. The van der Waals surface area contributed by atoms with Crippen LogP contribution in [0.3, 0.4) is 0 Å². The monoisotopic (exact) mass is 232 g/mol. The molecule has 0 saturated heterocycles. The van der Waals surface area contributed by atoms with Gasteiger partial charge >= 0.3 is 0 Å². The van der Waals surface area contributed by atoms with Gasteiger partial charge in [-0.25, -0.2) is 9.67 Å². The average Bonchev–Trinajstić information content (AvgIpc) is 2.69. The Balaban J connectivity index is 2.26. The van der Waals surface area contributed by atoms with Crippen molar-refractivity contribution in [1.82, 2.24) is 20.1 Å². The molecule has 0 saturated carbocycles. The van der Waals surface area contributed by atoms with Crippen LogP contribution < -0.4 is 5.32 Å². The van der Waals surface area contributed by atoms with E-state index in [1.165, 1.54) is 5.56 Å². The van der Waals surface area contributed by atoms with E-state index in [0.29, 0.717) is 12.1 Å². The van der Waals surface area contributed by atoms with Crippen molar-refractivity contribution in [1.29, 1.82) is 0 Å². The number of aromatic nitrogens is 3. The molecule has 0 amide bonds. The molecule has 4 nitrogen and oxygen atoms in total. The Morgan fingerprint density at radius 3 is 2.65 bits per heavy atom. The van der Waals surface area contributed by atoms with Crippen LogP contribution >= 0.6 is 0 Å². The molecule has 0 fully saturated rings. The van der Waals surface area contributed by atoms with E-state index in [0.717, 1.165) is 17.6 Å². The Kier molecular flexibility index (Phi) is 3.43. The zero-order chi connectivity index (χ0) is 12.4. The van der Waals surface area contributed by atoms with Gasteiger partial charge in [-0.2, -0.15) is 5.10 Å². The predicted molar refractivity (Wildman–Crippen MR) is 69.9 cm³/mol. The number of hydrogen-bond acceptors (Lipinski definition) is 3. The van der Waals surface area contributed by atoms with E-state index >= 15 is 0 Å². The van der Waals surface area contributed by atoms with E-state index in [-0.39, 0.29) is 0 Å². The van der Waals surface area contributed by atoms with Gasteiger partial charge in [-0.1, -0.05) is 13.8 Å². The van der Waals surface area contributed by atoms with Crippen LogP contribution in [0.25, 0.3) is 11.0 Å². The van der Waals surface area contributed by atoms with Gasteiger partial charge in [-0.15, -0.1) is 0 Å². The Morgan fingerprint density at radius 2 is 2.00 bits per heavy atom. The second-order valence-corrected chi connectivity index (χ2v) is 4.97. The lowest BCUT2D eigenvalue weighted by molar-refractivity contribution is 0.546. The van der Waals surface area contributed by atoms with E-state index in [2.05, 4.69) is 49.2 Å². The van der Waals surface area contributed by atoms with Gasteiger partial charge in [0, 0.05) is 30.2 Å². The van der Waals surface area contributed by atoms with Crippen molar-refractivity contribution in [2.75, 3.05) is 0 Å². The number of hydrogen-bond donors (Lipinski definition) is 1. The molecule has 92 valence electrons. The summed E-state index contributed by atoms with van der Waals surface area (Å²) >= 11 is 0. The van der Waals surface area contributed by atoms with Gasteiger partial charge in [0.05, 0.1) is 6.20 Å². The number of nitrogens with zero attached hydrogens (tertiary/aromatic N) is 3. The van der Waals surface area contributed by atoms with Crippen LogP contribution in [0.4, 0.5) is 0 Å². The maximum Gasteiger partial charge on any atom is 0.157 e. The third kappa shape index (κ3) is 2.64. The number of nitrogens with one attached hydrogen (secondary N) is 1. The van der Waals surface area contributed by atoms with Gasteiger partial charge < -0.3 is 5.32 Å². The van der Waals surface area contributed by atoms with Crippen LogP contribution in [0.2, 0.25) is 0 Å². The van der Waals surface area contributed by atoms with Crippen molar-refractivity contribution in [3.63, 3.8) is 0 Å². The summed E-state index contributed by atoms with van der Waals surface area (Å²) < 4.78 is 1.95. The van der Waals surface area contributed by atoms with Crippen molar-refractivity contribution in [3.8, 4) is 0 Å². The Labute approximate surface area is 102 Å². The normalized spacial score (nSPS) is 11.9. The third-order valence-electron chi connectivity index (χ3n) is 2.69. The highest BCUT2D eigenvalue weighted by molar-refractivity contribution is 5.75. The maximum absolute atomic E-state index is 4.50. The van der Waals surface area contributed by atoms with Gasteiger partial charge in [0.25, 0.3) is 0 Å². The summed E-state index contributed by atoms with van der Waals surface area (Å²) in [7, 11) is 0. The summed E-state index contributed by atoms with van der Waals surface area (Å²) in [5.41, 5.74) is 2.17. The molecule has 2 rings (SSSR count). The van der Waals surface area contributed by atoms with Crippen molar-refractivity contribution in [2.45, 2.75) is 46.3 Å². The molecule has 0 spiro atoms. The van der Waals surface area contributed by atoms with Gasteiger partial charge in [-0.05, 0) is 25.5 Å². The molecule has 0 aliphatic heterocycles. The third-order valence-corrected chi connectivity index (χ3v) is 2.69. The number of fused-ring (bicyclic) bond motifs is 1. The largest absolute Gasteiger partial charge is 0.310 e. The lowest BCUT2D eigenvalue weighted by Gasteiger charge is -2.09. The van der Waals surface area contributed by atoms with Crippen molar-refractivity contribution < 1.29 is 0 Å². The summed E-state index contributed by atoms with van der Waals surface area (Å²) in [5.74, 6) is 0. The summed E-state index contributed by atoms with van der Waals surface area (Å²) in [6, 6.07) is 2.99. The highest BCUT2D eigenvalue weighted by Crippen LogP contribution is 2.16. The molecule has 1 N–H and O–H groups in total. The first kappa shape index (κ1) is 12.0. The molecule has 0 aliphatic rings. The van der Waals surface area contributed by atoms with Gasteiger partial charge in [0.15, 0.2) is 5.65 Å². The van der Waals surface area contributed by atoms with Crippen LogP contribution in [-0.2, 0) is 6.54 Å². The van der Waals surface area contributed by atoms with Crippen LogP contribution in [-0.4, -0.2) is 20.8 Å². The topological polar surface area (TPSA) is 42.7 Å². The molecule has 0 unspecified atom stereocenters. The van der Waals surface area contributed by atoms with E-state index in [9.17, 15) is 0 Å². The van der Waals surface area contributed by atoms with Gasteiger partial charge in [0.2, 0.25) is 0 Å². The van der Waals surface area contributed by atoms with Crippen molar-refractivity contribution in [2.24, 2.45) is 0 Å². The van der Waals surface area contributed by atoms with Crippen molar-refractivity contribution >= 4 is 11.0 Å². The fraction of sp³-hybridized carbons (Fsp3) is 0.538. The minimum atomic E-state index is 0.347. The smallest absolute Gasteiger partial charge is 0.157 e. The van der Waals surface area contributed by atoms with E-state index in [1.807, 2.05) is 17.1 Å². The molecule has 2 aromatic rings. The molecule has 2 heterocycles. The number of rotatable bonds is 4. The molecule has 4 heteroatoms. The standard InChI is InChI=1S/C13H20N4/c1-9(2)14-6-11-5-12-8-16-17(10(3)4)13(12)15-7-11/h5,7-10,14H,6H2,1-4H3. The Bertz CT molecular complexity index is 499. The Hall–Kier alpha value is -1.42. The van der Waals surface area contributed by atoms with Gasteiger partial charge in [-0.3, -0.25) is 0 Å². The van der Waals surface area contributed by atoms with Crippen LogP contribution in [0.5, 0.6) is 0 Å². The maximum atomic E-state index is 4.50. The van der Waals surface area contributed by atoms with Gasteiger partial charge in [0.1, 0.15) is 0 Å². The first-order chi connectivity index (χ1) is 8.08. The minimum absolute atomic E-state index is 0.347. The quantitative estimate of drug-likeness (QED) is 0.880. The van der Waals surface area contributed by atoms with E-state index in [1.54, 1.807) is 0 Å². The molecule has 0 aromatic carbocycles. The molecule has 0 atom stereocenters. The lowest BCUT2D eigenvalue weighted by atomic mass is 10.2. The minimum Gasteiger partial charge on any atom is -0.310 e. The summed E-state index contributed by atoms with van der Waals surface area (Å²) in [4.78, 5) is 4.50. The van der Waals surface area contributed by atoms with Crippen molar-refractivity contribution in [3.05, 3.63) is 24.0 Å². The zero-order valence-corrected chi connectivity index (χ0v) is 10.9. The predicted octanol–water partition coefficient (Wildman–Crippen LogP) is 2.51. The number of pyridine rings is 1. The summed E-state index contributed by atoms with van der Waals surface area (Å²) in [6.07, 6.45) is 3.82. The second-order valence-electron chi connectivity index (χ2n) is 4.97. The van der Waals surface area contributed by atoms with Crippen LogP contribution in [0.15, 0.2) is 18.5 Å². The summed E-state index contributed by atoms with van der Waals surface area (Å²) in [5, 5.41) is 8.87. The molecule has 0 aliphatic carbocycles. The molecule has 17 heavy (non-hydrogen) atoms. The fourth-order valence-corrected chi connectivity index (χ4v) is 1.78. The van der Waals surface area contributed by atoms with Crippen LogP contribution in [0.1, 0.15) is 39.3 Å². The Morgan fingerprint density at radius 1 is 1.24 bits per heavy atom. The fourth-order valence-electron chi connectivity index (χ4n) is 1.78. The van der Waals surface area contributed by atoms with E-state index < -0.39 is 0 Å². The van der Waals surface area contributed by atoms with E-state index in [4.69, 9.17) is 0 Å². The average molecular weight is 232 g/mol. The molecular formula is C13H20N4.